The summed E-state index contributed by atoms with van der Waals surface area (Å²) < 4.78 is 1.05. The zero-order valence-corrected chi connectivity index (χ0v) is 13.1. The largest absolute Gasteiger partial charge is 0.360 e. The lowest BCUT2D eigenvalue weighted by atomic mass is 10.0. The Bertz CT molecular complexity index is 500. The summed E-state index contributed by atoms with van der Waals surface area (Å²) in [5, 5.41) is 6.51. The number of nitrogens with one attached hydrogen (secondary N) is 2. The van der Waals surface area contributed by atoms with E-state index in [9.17, 15) is 4.79 Å². The number of hydrogen-bond acceptors (Lipinski definition) is 3. The first-order chi connectivity index (χ1) is 9.72. The fraction of sp³-hybridized carbons (Fsp3) is 0.533. The van der Waals surface area contributed by atoms with E-state index in [2.05, 4.69) is 37.5 Å². The van der Waals surface area contributed by atoms with Crippen LogP contribution in [0, 0.1) is 0 Å². The van der Waals surface area contributed by atoms with Gasteiger partial charge < -0.3 is 15.5 Å². The Hall–Kier alpha value is -1.07. The zero-order chi connectivity index (χ0) is 13.9. The summed E-state index contributed by atoms with van der Waals surface area (Å²) in [6, 6.07) is 6.61. The number of carbonyl (C=O) groups is 1. The van der Waals surface area contributed by atoms with Crippen LogP contribution in [0.4, 0.5) is 11.4 Å². The van der Waals surface area contributed by atoms with Crippen LogP contribution in [0.2, 0.25) is 0 Å². The van der Waals surface area contributed by atoms with Crippen LogP contribution in [0.3, 0.4) is 0 Å². The lowest BCUT2D eigenvalue weighted by molar-refractivity contribution is -0.115. The molecule has 0 aliphatic carbocycles. The van der Waals surface area contributed by atoms with E-state index in [-0.39, 0.29) is 5.91 Å². The molecule has 1 aromatic rings. The number of halogens is 1. The fourth-order valence-corrected chi connectivity index (χ4v) is 3.35. The van der Waals surface area contributed by atoms with Crippen molar-refractivity contribution in [2.45, 2.75) is 31.7 Å². The van der Waals surface area contributed by atoms with Crippen molar-refractivity contribution >= 4 is 33.2 Å². The van der Waals surface area contributed by atoms with Gasteiger partial charge in [-0.3, -0.25) is 4.79 Å². The quantitative estimate of drug-likeness (QED) is 0.891. The number of carbonyl (C=O) groups excluding carboxylic acids is 1. The second-order valence-electron chi connectivity index (χ2n) is 5.57. The van der Waals surface area contributed by atoms with Gasteiger partial charge in [-0.15, -0.1) is 0 Å². The van der Waals surface area contributed by atoms with Crippen LogP contribution >= 0.6 is 15.9 Å². The normalized spacial score (nSPS) is 22.4. The van der Waals surface area contributed by atoms with Crippen LogP contribution in [0.25, 0.3) is 0 Å². The van der Waals surface area contributed by atoms with Crippen molar-refractivity contribution in [3.63, 3.8) is 0 Å². The molecule has 4 nitrogen and oxygen atoms in total. The average Bonchev–Trinajstić information content (AvgIpc) is 2.46. The van der Waals surface area contributed by atoms with Gasteiger partial charge in [0, 0.05) is 17.1 Å². The first-order valence-corrected chi connectivity index (χ1v) is 8.09. The molecule has 0 bridgehead atoms. The van der Waals surface area contributed by atoms with Gasteiger partial charge in [0.1, 0.15) is 0 Å². The number of amides is 1. The van der Waals surface area contributed by atoms with Gasteiger partial charge in [0.05, 0.1) is 17.9 Å². The molecule has 0 aromatic heterocycles. The molecule has 0 saturated carbocycles. The lowest BCUT2D eigenvalue weighted by Crippen LogP contribution is -2.42. The molecule has 2 heterocycles. The van der Waals surface area contributed by atoms with Gasteiger partial charge in [-0.1, -0.05) is 22.4 Å². The predicted molar refractivity (Wildman–Crippen MR) is 85.2 cm³/mol. The Morgan fingerprint density at radius 3 is 3.05 bits per heavy atom. The van der Waals surface area contributed by atoms with Gasteiger partial charge in [0.2, 0.25) is 5.91 Å². The van der Waals surface area contributed by atoms with E-state index in [1.165, 1.54) is 19.3 Å². The molecule has 1 amide bonds. The van der Waals surface area contributed by atoms with Crippen molar-refractivity contribution in [1.29, 1.82) is 0 Å². The fourth-order valence-electron chi connectivity index (χ4n) is 3.00. The van der Waals surface area contributed by atoms with Crippen molar-refractivity contribution in [2.75, 3.05) is 29.9 Å². The second-order valence-corrected chi connectivity index (χ2v) is 6.48. The molecule has 0 spiro atoms. The molecule has 1 aromatic carbocycles. The maximum Gasteiger partial charge on any atom is 0.243 e. The summed E-state index contributed by atoms with van der Waals surface area (Å²) in [6.45, 7) is 2.51. The minimum atomic E-state index is 0.0800. The van der Waals surface area contributed by atoms with Gasteiger partial charge in [-0.05, 0) is 44.0 Å². The first-order valence-electron chi connectivity index (χ1n) is 7.30. The van der Waals surface area contributed by atoms with Gasteiger partial charge in [0.25, 0.3) is 0 Å². The van der Waals surface area contributed by atoms with E-state index in [0.29, 0.717) is 12.6 Å². The Labute approximate surface area is 128 Å². The summed E-state index contributed by atoms with van der Waals surface area (Å²) in [5.41, 5.74) is 2.04. The number of rotatable bonds is 3. The number of anilines is 2. The third-order valence-corrected chi connectivity index (χ3v) is 4.56. The topological polar surface area (TPSA) is 44.4 Å². The molecule has 108 valence electrons. The Morgan fingerprint density at radius 2 is 2.25 bits per heavy atom. The molecule has 3 rings (SSSR count). The molecular weight excluding hydrogens is 318 g/mol. The molecule has 1 unspecified atom stereocenters. The summed E-state index contributed by atoms with van der Waals surface area (Å²) >= 11 is 3.51. The Morgan fingerprint density at radius 1 is 1.35 bits per heavy atom. The molecule has 0 radical (unpaired) electrons. The summed E-state index contributed by atoms with van der Waals surface area (Å²) in [5.74, 6) is 0.0800. The molecule has 2 aliphatic heterocycles. The zero-order valence-electron chi connectivity index (χ0n) is 11.5. The van der Waals surface area contributed by atoms with Crippen molar-refractivity contribution in [3.05, 3.63) is 22.7 Å². The highest BCUT2D eigenvalue weighted by Crippen LogP contribution is 2.32. The predicted octanol–water partition coefficient (Wildman–Crippen LogP) is 2.74. The van der Waals surface area contributed by atoms with Gasteiger partial charge in [0.15, 0.2) is 0 Å². The third-order valence-electron chi connectivity index (χ3n) is 4.07. The smallest absolute Gasteiger partial charge is 0.243 e. The number of piperidine rings is 1. The monoisotopic (exact) mass is 337 g/mol. The van der Waals surface area contributed by atoms with E-state index in [1.54, 1.807) is 0 Å². The molecule has 1 fully saturated rings. The van der Waals surface area contributed by atoms with Crippen LogP contribution < -0.4 is 15.5 Å². The van der Waals surface area contributed by atoms with E-state index in [4.69, 9.17) is 0 Å². The molecule has 1 saturated heterocycles. The van der Waals surface area contributed by atoms with E-state index in [0.717, 1.165) is 35.4 Å². The highest BCUT2D eigenvalue weighted by molar-refractivity contribution is 9.10. The summed E-state index contributed by atoms with van der Waals surface area (Å²) in [4.78, 5) is 14.0. The summed E-state index contributed by atoms with van der Waals surface area (Å²) in [7, 11) is 0. The summed E-state index contributed by atoms with van der Waals surface area (Å²) in [6.07, 6.45) is 4.96. The van der Waals surface area contributed by atoms with Crippen LogP contribution in [-0.4, -0.2) is 31.6 Å². The SMILES string of the molecule is O=C1CN(CCC2CCCCN2)c2cc(Br)ccc2N1. The Kier molecular flexibility index (Phi) is 4.27. The molecule has 2 aliphatic rings. The molecule has 1 atom stereocenters. The van der Waals surface area contributed by atoms with Gasteiger partial charge in [-0.2, -0.15) is 0 Å². The molecule has 5 heteroatoms. The van der Waals surface area contributed by atoms with Crippen LogP contribution in [-0.2, 0) is 4.79 Å². The van der Waals surface area contributed by atoms with Gasteiger partial charge >= 0.3 is 0 Å². The Balaban J connectivity index is 1.69. The number of benzene rings is 1. The van der Waals surface area contributed by atoms with Gasteiger partial charge in [-0.25, -0.2) is 0 Å². The van der Waals surface area contributed by atoms with Crippen molar-refractivity contribution < 1.29 is 4.79 Å². The van der Waals surface area contributed by atoms with Crippen molar-refractivity contribution in [2.24, 2.45) is 0 Å². The lowest BCUT2D eigenvalue weighted by Gasteiger charge is -2.33. The van der Waals surface area contributed by atoms with Crippen molar-refractivity contribution in [1.82, 2.24) is 5.32 Å². The molecule has 2 N–H and O–H groups in total. The number of nitrogens with zero attached hydrogens (tertiary/aromatic N) is 1. The van der Waals surface area contributed by atoms with Crippen LogP contribution in [0.5, 0.6) is 0 Å². The number of hydrogen-bond donors (Lipinski definition) is 2. The standard InChI is InChI=1S/C15H20BrN3O/c16-11-4-5-13-14(9-11)19(10-15(20)18-13)8-6-12-3-1-2-7-17-12/h4-5,9,12,17H,1-3,6-8,10H2,(H,18,20). The van der Waals surface area contributed by atoms with E-state index in [1.807, 2.05) is 12.1 Å². The van der Waals surface area contributed by atoms with Crippen LogP contribution in [0.15, 0.2) is 22.7 Å². The maximum absolute atomic E-state index is 11.8. The minimum absolute atomic E-state index is 0.0800. The highest BCUT2D eigenvalue weighted by Gasteiger charge is 2.23. The van der Waals surface area contributed by atoms with Crippen LogP contribution in [0.1, 0.15) is 25.7 Å². The molecular formula is C15H20BrN3O. The number of fused-ring (bicyclic) bond motifs is 1. The minimum Gasteiger partial charge on any atom is -0.360 e. The second kappa shape index (κ2) is 6.14. The molecule has 20 heavy (non-hydrogen) atoms. The maximum atomic E-state index is 11.8. The average molecular weight is 338 g/mol. The van der Waals surface area contributed by atoms with E-state index < -0.39 is 0 Å². The van der Waals surface area contributed by atoms with E-state index >= 15 is 0 Å². The first kappa shape index (κ1) is 13.9. The highest BCUT2D eigenvalue weighted by atomic mass is 79.9. The van der Waals surface area contributed by atoms with Crippen molar-refractivity contribution in [3.8, 4) is 0 Å². The third kappa shape index (κ3) is 3.15.